The first-order valence-electron chi connectivity index (χ1n) is 7.00. The molecule has 0 bridgehead atoms. The molecule has 0 spiro atoms. The number of rotatable bonds is 3. The van der Waals surface area contributed by atoms with Crippen molar-refractivity contribution in [1.29, 1.82) is 0 Å². The summed E-state index contributed by atoms with van der Waals surface area (Å²) in [5.74, 6) is 0.0460. The Bertz CT molecular complexity index is 794. The van der Waals surface area contributed by atoms with Gasteiger partial charge < -0.3 is 5.73 Å². The molecule has 5 nitrogen and oxygen atoms in total. The molecular weight excluding hydrogens is 357 g/mol. The van der Waals surface area contributed by atoms with Gasteiger partial charge in [-0.05, 0) is 31.7 Å². The first-order chi connectivity index (χ1) is 10.8. The molecule has 124 valence electrons. The molecule has 1 unspecified atom stereocenters. The Hall–Kier alpha value is -1.37. The van der Waals surface area contributed by atoms with Crippen LogP contribution in [0.5, 0.6) is 0 Å². The van der Waals surface area contributed by atoms with Crippen LogP contribution in [0.4, 0.5) is 10.6 Å². The van der Waals surface area contributed by atoms with E-state index in [2.05, 4.69) is 0 Å². The molecule has 0 aliphatic heterocycles. The molecular formula is C15H17Cl2N3O2S. The number of halogens is 2. The maximum Gasteiger partial charge on any atom is 0.306 e. The van der Waals surface area contributed by atoms with Gasteiger partial charge in [-0.2, -0.15) is 4.68 Å². The summed E-state index contributed by atoms with van der Waals surface area (Å²) in [6, 6.07) is 4.74. The molecule has 1 aromatic heterocycles. The lowest BCUT2D eigenvalue weighted by molar-refractivity contribution is 0.253. The zero-order valence-electron chi connectivity index (χ0n) is 13.0. The van der Waals surface area contributed by atoms with Crippen LogP contribution in [-0.2, 0) is 0 Å². The van der Waals surface area contributed by atoms with Crippen LogP contribution in [-0.4, -0.2) is 20.9 Å². The van der Waals surface area contributed by atoms with Crippen molar-refractivity contribution >= 4 is 46.0 Å². The summed E-state index contributed by atoms with van der Waals surface area (Å²) in [4.78, 5) is 25.2. The maximum atomic E-state index is 12.9. The minimum atomic E-state index is -0.380. The van der Waals surface area contributed by atoms with Gasteiger partial charge in [0, 0.05) is 5.56 Å². The fraction of sp³-hybridized carbons (Fsp3) is 0.333. The third-order valence-corrected chi connectivity index (χ3v) is 4.84. The van der Waals surface area contributed by atoms with Crippen molar-refractivity contribution in [2.24, 2.45) is 0 Å². The van der Waals surface area contributed by atoms with Crippen LogP contribution in [0.3, 0.4) is 0 Å². The van der Waals surface area contributed by atoms with Crippen molar-refractivity contribution in [3.8, 4) is 11.1 Å². The molecule has 0 radical (unpaired) electrons. The molecule has 0 saturated heterocycles. The highest BCUT2D eigenvalue weighted by Crippen LogP contribution is 2.36. The number of aromatic nitrogens is 2. The van der Waals surface area contributed by atoms with E-state index in [4.69, 9.17) is 28.9 Å². The largest absolute Gasteiger partial charge is 0.383 e. The Balaban J connectivity index is 2.89. The van der Waals surface area contributed by atoms with E-state index in [1.807, 2.05) is 13.8 Å². The fourth-order valence-electron chi connectivity index (χ4n) is 2.35. The Labute approximate surface area is 148 Å². The summed E-state index contributed by atoms with van der Waals surface area (Å²) in [5.41, 5.74) is 6.26. The van der Waals surface area contributed by atoms with Gasteiger partial charge in [0.15, 0.2) is 0 Å². The molecule has 1 aromatic carbocycles. The fourth-order valence-corrected chi connectivity index (χ4v) is 3.30. The van der Waals surface area contributed by atoms with E-state index in [9.17, 15) is 9.59 Å². The van der Waals surface area contributed by atoms with Crippen molar-refractivity contribution in [3.05, 3.63) is 38.6 Å². The van der Waals surface area contributed by atoms with Gasteiger partial charge in [-0.15, -0.1) is 0 Å². The molecule has 0 aliphatic rings. The average Bonchev–Trinajstić information content (AvgIpc) is 2.78. The van der Waals surface area contributed by atoms with E-state index >= 15 is 0 Å². The molecule has 2 rings (SSSR count). The number of anilines is 1. The second-order valence-electron chi connectivity index (χ2n) is 5.05. The highest BCUT2D eigenvalue weighted by Gasteiger charge is 2.27. The van der Waals surface area contributed by atoms with Gasteiger partial charge in [-0.25, -0.2) is 4.68 Å². The van der Waals surface area contributed by atoms with Gasteiger partial charge in [0.05, 0.1) is 21.7 Å². The van der Waals surface area contributed by atoms with Crippen molar-refractivity contribution in [3.63, 3.8) is 0 Å². The monoisotopic (exact) mass is 373 g/mol. The number of nitrogens with zero attached hydrogens (tertiary/aromatic N) is 2. The van der Waals surface area contributed by atoms with E-state index < -0.39 is 0 Å². The molecule has 0 aliphatic carbocycles. The van der Waals surface area contributed by atoms with Crippen LogP contribution >= 0.6 is 35.0 Å². The van der Waals surface area contributed by atoms with E-state index in [-0.39, 0.29) is 28.2 Å². The lowest BCUT2D eigenvalue weighted by Gasteiger charge is -2.15. The molecule has 23 heavy (non-hydrogen) atoms. The highest BCUT2D eigenvalue weighted by molar-refractivity contribution is 8.13. The molecule has 1 atom stereocenters. The SMILES string of the molecule is CCC(C)n1c(=O)c(-c2c(Cl)cccc2Cl)c(N)n1C(=O)SC. The molecule has 2 aromatic rings. The standard InChI is InChI=1S/C15H17Cl2N3O2S/c1-4-8(2)19-14(21)12(13(18)20(19)15(22)23-3)11-9(16)6-5-7-10(11)17/h5-8H,4,18H2,1-3H3. The summed E-state index contributed by atoms with van der Waals surface area (Å²) in [5, 5.41) is 0.284. The molecule has 1 heterocycles. The third kappa shape index (κ3) is 3.03. The predicted molar refractivity (Wildman–Crippen MR) is 97.9 cm³/mol. The van der Waals surface area contributed by atoms with Gasteiger partial charge in [-0.1, -0.05) is 48.0 Å². The number of carbonyl (C=O) groups excluding carboxylic acids is 1. The van der Waals surface area contributed by atoms with E-state index in [0.29, 0.717) is 22.0 Å². The van der Waals surface area contributed by atoms with Gasteiger partial charge in [0.1, 0.15) is 5.82 Å². The zero-order chi connectivity index (χ0) is 17.3. The van der Waals surface area contributed by atoms with Crippen LogP contribution in [0.1, 0.15) is 26.3 Å². The van der Waals surface area contributed by atoms with Crippen molar-refractivity contribution in [1.82, 2.24) is 9.36 Å². The summed E-state index contributed by atoms with van der Waals surface area (Å²) in [6.07, 6.45) is 2.30. The second-order valence-corrected chi connectivity index (χ2v) is 6.62. The van der Waals surface area contributed by atoms with Crippen LogP contribution in [0, 0.1) is 0 Å². The van der Waals surface area contributed by atoms with Gasteiger partial charge in [0.2, 0.25) is 0 Å². The van der Waals surface area contributed by atoms with Gasteiger partial charge in [-0.3, -0.25) is 9.59 Å². The van der Waals surface area contributed by atoms with Crippen molar-refractivity contribution in [2.75, 3.05) is 12.0 Å². The van der Waals surface area contributed by atoms with Crippen LogP contribution < -0.4 is 11.3 Å². The van der Waals surface area contributed by atoms with E-state index in [1.165, 1.54) is 9.36 Å². The molecule has 2 N–H and O–H groups in total. The molecule has 0 amide bonds. The summed E-state index contributed by atoms with van der Waals surface area (Å²) in [7, 11) is 0. The van der Waals surface area contributed by atoms with Crippen LogP contribution in [0.2, 0.25) is 10.0 Å². The second kappa shape index (κ2) is 7.03. The number of thioether (sulfide) groups is 1. The quantitative estimate of drug-likeness (QED) is 0.858. The minimum absolute atomic E-state index is 0.0460. The lowest BCUT2D eigenvalue weighted by Crippen LogP contribution is -2.29. The first-order valence-corrected chi connectivity index (χ1v) is 8.98. The van der Waals surface area contributed by atoms with Gasteiger partial charge in [0.25, 0.3) is 5.56 Å². The van der Waals surface area contributed by atoms with Crippen molar-refractivity contribution < 1.29 is 4.79 Å². The molecule has 8 heteroatoms. The van der Waals surface area contributed by atoms with E-state index in [1.54, 1.807) is 24.5 Å². The number of benzene rings is 1. The van der Waals surface area contributed by atoms with Crippen molar-refractivity contribution in [2.45, 2.75) is 26.3 Å². The number of nitrogens with two attached hydrogens (primary N) is 1. The minimum Gasteiger partial charge on any atom is -0.383 e. The highest BCUT2D eigenvalue weighted by atomic mass is 35.5. The normalized spacial score (nSPS) is 12.4. The molecule has 0 saturated carbocycles. The number of hydrogen-bond donors (Lipinski definition) is 1. The lowest BCUT2D eigenvalue weighted by atomic mass is 10.1. The summed E-state index contributed by atoms with van der Waals surface area (Å²) >= 11 is 13.4. The first kappa shape index (κ1) is 18.0. The zero-order valence-corrected chi connectivity index (χ0v) is 15.3. The topological polar surface area (TPSA) is 70.0 Å². The van der Waals surface area contributed by atoms with E-state index in [0.717, 1.165) is 11.8 Å². The summed E-state index contributed by atoms with van der Waals surface area (Å²) < 4.78 is 2.57. The number of nitrogen functional groups attached to an aromatic ring is 1. The van der Waals surface area contributed by atoms with Crippen LogP contribution in [0.25, 0.3) is 11.1 Å². The van der Waals surface area contributed by atoms with Gasteiger partial charge >= 0.3 is 5.24 Å². The smallest absolute Gasteiger partial charge is 0.306 e. The molecule has 0 fully saturated rings. The third-order valence-electron chi connectivity index (χ3n) is 3.69. The Morgan fingerprint density at radius 1 is 1.30 bits per heavy atom. The van der Waals surface area contributed by atoms with Crippen LogP contribution in [0.15, 0.2) is 23.0 Å². The predicted octanol–water partition coefficient (Wildman–Crippen LogP) is 4.51. The summed E-state index contributed by atoms with van der Waals surface area (Å²) in [6.45, 7) is 3.78. The number of carbonyl (C=O) groups is 1. The average molecular weight is 374 g/mol. The Morgan fingerprint density at radius 3 is 2.35 bits per heavy atom. The Kier molecular flexibility index (Phi) is 5.49. The Morgan fingerprint density at radius 2 is 1.87 bits per heavy atom. The number of hydrogen-bond acceptors (Lipinski definition) is 4. The maximum absolute atomic E-state index is 12.9.